The molecule has 4 rings (SSSR count). The predicted molar refractivity (Wildman–Crippen MR) is 125 cm³/mol. The number of ether oxygens (including phenoxy) is 4. The van der Waals surface area contributed by atoms with Crippen molar-refractivity contribution in [2.24, 2.45) is 13.0 Å². The lowest BCUT2D eigenvalue weighted by Gasteiger charge is -2.29. The number of nitrogens with zero attached hydrogens (tertiary/aromatic N) is 4. The van der Waals surface area contributed by atoms with Gasteiger partial charge < -0.3 is 18.9 Å². The van der Waals surface area contributed by atoms with Crippen LogP contribution >= 0.6 is 0 Å². The highest BCUT2D eigenvalue weighted by molar-refractivity contribution is 5.72. The number of carbonyl (C=O) groups is 1. The zero-order valence-corrected chi connectivity index (χ0v) is 20.7. The van der Waals surface area contributed by atoms with Gasteiger partial charge in [-0.3, -0.25) is 4.79 Å². The van der Waals surface area contributed by atoms with Crippen LogP contribution in [0.3, 0.4) is 0 Å². The summed E-state index contributed by atoms with van der Waals surface area (Å²) in [5.41, 5.74) is 3.05. The van der Waals surface area contributed by atoms with Gasteiger partial charge in [-0.15, -0.1) is 5.10 Å². The Bertz CT molecular complexity index is 970. The maximum Gasteiger partial charge on any atom is 0.309 e. The van der Waals surface area contributed by atoms with Crippen LogP contribution in [0.1, 0.15) is 70.2 Å². The molecule has 0 radical (unpaired) electrons. The van der Waals surface area contributed by atoms with Crippen molar-refractivity contribution in [3.63, 3.8) is 0 Å². The summed E-state index contributed by atoms with van der Waals surface area (Å²) in [7, 11) is 1.85. The van der Waals surface area contributed by atoms with E-state index in [1.54, 1.807) is 4.68 Å². The summed E-state index contributed by atoms with van der Waals surface area (Å²) in [6.07, 6.45) is 6.18. The van der Waals surface area contributed by atoms with E-state index >= 15 is 0 Å². The molecule has 9 nitrogen and oxygen atoms in total. The molecule has 1 aliphatic carbocycles. The molecule has 1 saturated heterocycles. The molecule has 2 fully saturated rings. The number of hydrogen-bond donors (Lipinski definition) is 0. The summed E-state index contributed by atoms with van der Waals surface area (Å²) in [4.78, 5) is 17.1. The molecule has 1 saturated carbocycles. The minimum absolute atomic E-state index is 0.0271. The highest BCUT2D eigenvalue weighted by atomic mass is 16.7. The van der Waals surface area contributed by atoms with Gasteiger partial charge in [-0.1, -0.05) is 5.21 Å². The number of pyridine rings is 1. The number of rotatable bonds is 8. The van der Waals surface area contributed by atoms with Gasteiger partial charge in [0.1, 0.15) is 11.4 Å². The molecule has 34 heavy (non-hydrogen) atoms. The van der Waals surface area contributed by atoms with Crippen LogP contribution in [0.25, 0.3) is 11.4 Å². The maximum absolute atomic E-state index is 12.3. The molecule has 3 atom stereocenters. The summed E-state index contributed by atoms with van der Waals surface area (Å²) in [6, 6.07) is 3.83. The van der Waals surface area contributed by atoms with E-state index in [4.69, 9.17) is 23.9 Å². The van der Waals surface area contributed by atoms with Crippen molar-refractivity contribution in [3.8, 4) is 17.1 Å². The molecular formula is C25H36N4O5. The van der Waals surface area contributed by atoms with Gasteiger partial charge in [0.25, 0.3) is 0 Å². The fourth-order valence-electron chi connectivity index (χ4n) is 4.53. The maximum atomic E-state index is 12.3. The van der Waals surface area contributed by atoms with E-state index in [0.717, 1.165) is 68.0 Å². The average molecular weight is 473 g/mol. The van der Waals surface area contributed by atoms with Crippen molar-refractivity contribution in [2.45, 2.75) is 90.8 Å². The SMILES string of the molecule is Cc1nc(-c2nnn(C)c2COC2CCCCO2)ccc1O[C@H]1CCCC(C(=O)OC(C)C)C1. The third-order valence-corrected chi connectivity index (χ3v) is 6.37. The van der Waals surface area contributed by atoms with Gasteiger partial charge in [0.2, 0.25) is 0 Å². The standard InChI is InChI=1S/C25H36N4O5/c1-16(2)33-25(30)18-8-7-9-19(14-18)34-22-12-11-20(26-17(22)3)24-21(29(4)28-27-24)15-32-23-10-5-6-13-31-23/h11-12,16,18-19,23H,5-10,13-15H2,1-4H3/t18?,19-,23?/m0/s1. The molecule has 0 bridgehead atoms. The Kier molecular flexibility index (Phi) is 8.15. The Hall–Kier alpha value is -2.52. The number of esters is 1. The van der Waals surface area contributed by atoms with Crippen LogP contribution in [0.5, 0.6) is 5.75 Å². The Morgan fingerprint density at radius 1 is 1.21 bits per heavy atom. The lowest BCUT2D eigenvalue weighted by atomic mass is 9.87. The Labute approximate surface area is 201 Å². The quantitative estimate of drug-likeness (QED) is 0.529. The van der Waals surface area contributed by atoms with Crippen molar-refractivity contribution in [2.75, 3.05) is 6.61 Å². The molecule has 0 spiro atoms. The topological polar surface area (TPSA) is 97.6 Å². The molecule has 3 heterocycles. The van der Waals surface area contributed by atoms with Crippen molar-refractivity contribution in [3.05, 3.63) is 23.5 Å². The second-order valence-corrected chi connectivity index (χ2v) is 9.48. The zero-order chi connectivity index (χ0) is 24.1. The van der Waals surface area contributed by atoms with Crippen LogP contribution in [0.4, 0.5) is 0 Å². The van der Waals surface area contributed by atoms with E-state index in [2.05, 4.69) is 10.3 Å². The Morgan fingerprint density at radius 2 is 2.06 bits per heavy atom. The lowest BCUT2D eigenvalue weighted by Crippen LogP contribution is -2.31. The summed E-state index contributed by atoms with van der Waals surface area (Å²) in [5, 5.41) is 8.50. The largest absolute Gasteiger partial charge is 0.489 e. The molecule has 2 aromatic rings. The molecule has 0 amide bonds. The summed E-state index contributed by atoms with van der Waals surface area (Å²) in [5.74, 6) is 0.498. The average Bonchev–Trinajstić information content (AvgIpc) is 3.19. The first-order valence-corrected chi connectivity index (χ1v) is 12.4. The third kappa shape index (κ3) is 6.13. The molecule has 186 valence electrons. The normalized spacial score (nSPS) is 23.1. The van der Waals surface area contributed by atoms with Crippen molar-refractivity contribution < 1.29 is 23.7 Å². The van der Waals surface area contributed by atoms with Crippen LogP contribution in [0, 0.1) is 12.8 Å². The van der Waals surface area contributed by atoms with Gasteiger partial charge in [0, 0.05) is 13.7 Å². The van der Waals surface area contributed by atoms with Crippen LogP contribution in [-0.4, -0.2) is 51.1 Å². The predicted octanol–water partition coefficient (Wildman–Crippen LogP) is 4.12. The van der Waals surface area contributed by atoms with Gasteiger partial charge in [0.15, 0.2) is 6.29 Å². The number of aryl methyl sites for hydroxylation is 2. The number of carbonyl (C=O) groups excluding carboxylic acids is 1. The van der Waals surface area contributed by atoms with Crippen molar-refractivity contribution in [1.29, 1.82) is 0 Å². The van der Waals surface area contributed by atoms with Crippen molar-refractivity contribution >= 4 is 5.97 Å². The minimum Gasteiger partial charge on any atom is -0.489 e. The molecule has 2 aliphatic rings. The molecule has 1 aliphatic heterocycles. The molecule has 0 N–H and O–H groups in total. The molecule has 2 aromatic heterocycles. The monoisotopic (exact) mass is 472 g/mol. The first-order valence-electron chi connectivity index (χ1n) is 12.4. The molecular weight excluding hydrogens is 436 g/mol. The van der Waals surface area contributed by atoms with Crippen molar-refractivity contribution in [1.82, 2.24) is 20.0 Å². The van der Waals surface area contributed by atoms with Gasteiger partial charge in [-0.25, -0.2) is 9.67 Å². The van der Waals surface area contributed by atoms with Gasteiger partial charge >= 0.3 is 5.97 Å². The van der Waals surface area contributed by atoms with E-state index in [-0.39, 0.29) is 30.4 Å². The second-order valence-electron chi connectivity index (χ2n) is 9.48. The lowest BCUT2D eigenvalue weighted by molar-refractivity contribution is -0.169. The highest BCUT2D eigenvalue weighted by Gasteiger charge is 2.30. The van der Waals surface area contributed by atoms with Gasteiger partial charge in [0.05, 0.1) is 41.8 Å². The number of aromatic nitrogens is 4. The molecule has 2 unspecified atom stereocenters. The first kappa shape index (κ1) is 24.6. The fourth-order valence-corrected chi connectivity index (χ4v) is 4.53. The summed E-state index contributed by atoms with van der Waals surface area (Å²) < 4.78 is 25.0. The Balaban J connectivity index is 1.41. The van der Waals surface area contributed by atoms with Crippen LogP contribution < -0.4 is 4.74 Å². The molecule has 0 aromatic carbocycles. The van der Waals surface area contributed by atoms with E-state index in [9.17, 15) is 4.79 Å². The van der Waals surface area contributed by atoms with E-state index in [1.165, 1.54) is 0 Å². The first-order chi connectivity index (χ1) is 16.4. The zero-order valence-electron chi connectivity index (χ0n) is 20.7. The minimum atomic E-state index is -0.181. The Morgan fingerprint density at radius 3 is 2.79 bits per heavy atom. The second kappa shape index (κ2) is 11.3. The smallest absolute Gasteiger partial charge is 0.309 e. The third-order valence-electron chi connectivity index (χ3n) is 6.37. The van der Waals surface area contributed by atoms with E-state index < -0.39 is 0 Å². The van der Waals surface area contributed by atoms with Crippen LogP contribution in [0.2, 0.25) is 0 Å². The summed E-state index contributed by atoms with van der Waals surface area (Å²) in [6.45, 7) is 6.78. The van der Waals surface area contributed by atoms with Gasteiger partial charge in [-0.2, -0.15) is 0 Å². The number of hydrogen-bond acceptors (Lipinski definition) is 8. The fraction of sp³-hybridized carbons (Fsp3) is 0.680. The molecule has 9 heteroatoms. The van der Waals surface area contributed by atoms with Gasteiger partial charge in [-0.05, 0) is 77.8 Å². The highest BCUT2D eigenvalue weighted by Crippen LogP contribution is 2.31. The van der Waals surface area contributed by atoms with E-state index in [1.807, 2.05) is 40.0 Å². The van der Waals surface area contributed by atoms with Crippen LogP contribution in [0.15, 0.2) is 12.1 Å². The van der Waals surface area contributed by atoms with Crippen LogP contribution in [-0.2, 0) is 32.7 Å². The van der Waals surface area contributed by atoms with E-state index in [0.29, 0.717) is 18.7 Å². The summed E-state index contributed by atoms with van der Waals surface area (Å²) >= 11 is 0.